The third-order valence-corrected chi connectivity index (χ3v) is 3.88. The molecule has 1 aliphatic carbocycles. The monoisotopic (exact) mass is 258 g/mol. The number of hydrogen-bond acceptors (Lipinski definition) is 4. The van der Waals surface area contributed by atoms with Crippen LogP contribution >= 0.6 is 0 Å². The SMILES string of the molecule is O=c1ccc(S(=O)(=O)NOC2CCCC2)c[nH]1. The van der Waals surface area contributed by atoms with Gasteiger partial charge in [-0.25, -0.2) is 8.42 Å². The smallest absolute Gasteiger partial charge is 0.263 e. The van der Waals surface area contributed by atoms with Crippen LogP contribution in [0.2, 0.25) is 0 Å². The van der Waals surface area contributed by atoms with E-state index in [1.165, 1.54) is 6.07 Å². The Hall–Kier alpha value is -1.18. The molecule has 1 saturated carbocycles. The Morgan fingerprint density at radius 1 is 1.29 bits per heavy atom. The van der Waals surface area contributed by atoms with E-state index in [1.807, 2.05) is 0 Å². The van der Waals surface area contributed by atoms with Gasteiger partial charge in [-0.1, -0.05) is 17.7 Å². The molecule has 0 aromatic carbocycles. The van der Waals surface area contributed by atoms with Crippen LogP contribution in [0.4, 0.5) is 0 Å². The summed E-state index contributed by atoms with van der Waals surface area (Å²) in [6.45, 7) is 0. The first-order valence-electron chi connectivity index (χ1n) is 5.44. The van der Waals surface area contributed by atoms with E-state index in [1.54, 1.807) is 0 Å². The molecular weight excluding hydrogens is 244 g/mol. The summed E-state index contributed by atoms with van der Waals surface area (Å²) in [6, 6.07) is 2.39. The van der Waals surface area contributed by atoms with Gasteiger partial charge in [0.1, 0.15) is 4.90 Å². The third kappa shape index (κ3) is 3.15. The largest absolute Gasteiger partial charge is 0.328 e. The average Bonchev–Trinajstić information content (AvgIpc) is 2.80. The first-order chi connectivity index (χ1) is 8.08. The maximum Gasteiger partial charge on any atom is 0.263 e. The number of hydrogen-bond donors (Lipinski definition) is 2. The average molecular weight is 258 g/mol. The van der Waals surface area contributed by atoms with Crippen molar-refractivity contribution in [3.63, 3.8) is 0 Å². The summed E-state index contributed by atoms with van der Waals surface area (Å²) in [5.74, 6) is 0. The summed E-state index contributed by atoms with van der Waals surface area (Å²) in [4.78, 5) is 20.3. The van der Waals surface area contributed by atoms with Crippen LogP contribution in [0.5, 0.6) is 0 Å². The normalized spacial score (nSPS) is 17.4. The maximum absolute atomic E-state index is 11.7. The second-order valence-corrected chi connectivity index (χ2v) is 5.64. The van der Waals surface area contributed by atoms with Gasteiger partial charge in [-0.2, -0.15) is 0 Å². The number of aromatic nitrogens is 1. The number of nitrogens with one attached hydrogen (secondary N) is 2. The van der Waals surface area contributed by atoms with Crippen molar-refractivity contribution < 1.29 is 13.3 Å². The Morgan fingerprint density at radius 3 is 2.59 bits per heavy atom. The van der Waals surface area contributed by atoms with Crippen molar-refractivity contribution in [1.29, 1.82) is 0 Å². The van der Waals surface area contributed by atoms with E-state index in [0.717, 1.165) is 37.9 Å². The standard InChI is InChI=1S/C10H14N2O4S/c13-10-6-5-9(7-11-10)17(14,15)12-16-8-3-1-2-4-8/h5-8,12H,1-4H2,(H,11,13). The van der Waals surface area contributed by atoms with Gasteiger partial charge in [0.2, 0.25) is 5.56 Å². The van der Waals surface area contributed by atoms with Crippen molar-refractivity contribution in [2.75, 3.05) is 0 Å². The van der Waals surface area contributed by atoms with Crippen LogP contribution in [-0.4, -0.2) is 19.5 Å². The Balaban J connectivity index is 2.02. The van der Waals surface area contributed by atoms with Gasteiger partial charge in [-0.15, -0.1) is 0 Å². The molecule has 6 nitrogen and oxygen atoms in total. The molecule has 0 amide bonds. The highest BCUT2D eigenvalue weighted by Gasteiger charge is 2.20. The summed E-state index contributed by atoms with van der Waals surface area (Å²) in [6.07, 6.45) is 4.95. The van der Waals surface area contributed by atoms with Gasteiger partial charge >= 0.3 is 0 Å². The van der Waals surface area contributed by atoms with Crippen molar-refractivity contribution in [2.24, 2.45) is 0 Å². The van der Waals surface area contributed by atoms with Crippen LogP contribution in [0.25, 0.3) is 0 Å². The number of pyridine rings is 1. The van der Waals surface area contributed by atoms with Crippen molar-refractivity contribution >= 4 is 10.0 Å². The molecule has 17 heavy (non-hydrogen) atoms. The second kappa shape index (κ2) is 4.99. The lowest BCUT2D eigenvalue weighted by atomic mass is 10.3. The molecule has 94 valence electrons. The molecule has 0 spiro atoms. The van der Waals surface area contributed by atoms with Gasteiger partial charge in [0.15, 0.2) is 0 Å². The number of aromatic amines is 1. The lowest BCUT2D eigenvalue weighted by molar-refractivity contribution is 0.0223. The fourth-order valence-electron chi connectivity index (χ4n) is 1.75. The Bertz CT molecular complexity index is 511. The molecule has 0 radical (unpaired) electrons. The minimum absolute atomic E-state index is 0.0184. The lowest BCUT2D eigenvalue weighted by Crippen LogP contribution is -2.28. The first-order valence-corrected chi connectivity index (χ1v) is 6.92. The molecule has 1 fully saturated rings. The van der Waals surface area contributed by atoms with E-state index in [9.17, 15) is 13.2 Å². The van der Waals surface area contributed by atoms with Gasteiger partial charge in [-0.05, 0) is 18.9 Å². The molecule has 0 bridgehead atoms. The highest BCUT2D eigenvalue weighted by Crippen LogP contribution is 2.20. The molecule has 7 heteroatoms. The summed E-state index contributed by atoms with van der Waals surface area (Å²) in [5, 5.41) is 0. The van der Waals surface area contributed by atoms with Gasteiger partial charge < -0.3 is 4.98 Å². The van der Waals surface area contributed by atoms with E-state index < -0.39 is 10.0 Å². The molecule has 0 atom stereocenters. The molecule has 1 aromatic heterocycles. The fourth-order valence-corrected chi connectivity index (χ4v) is 2.57. The Morgan fingerprint density at radius 2 is 2.00 bits per heavy atom. The van der Waals surface area contributed by atoms with Crippen molar-refractivity contribution in [3.05, 3.63) is 28.7 Å². The van der Waals surface area contributed by atoms with E-state index in [-0.39, 0.29) is 16.6 Å². The minimum atomic E-state index is -3.71. The van der Waals surface area contributed by atoms with Gasteiger partial charge in [0.25, 0.3) is 10.0 Å². The van der Waals surface area contributed by atoms with Crippen LogP contribution in [0.15, 0.2) is 28.0 Å². The Kier molecular flexibility index (Phi) is 3.60. The zero-order chi connectivity index (χ0) is 12.3. The first kappa shape index (κ1) is 12.3. The van der Waals surface area contributed by atoms with Crippen LogP contribution in [0.1, 0.15) is 25.7 Å². The quantitative estimate of drug-likeness (QED) is 0.771. The third-order valence-electron chi connectivity index (χ3n) is 2.69. The molecule has 1 aromatic rings. The fraction of sp³-hybridized carbons (Fsp3) is 0.500. The van der Waals surface area contributed by atoms with Crippen molar-refractivity contribution in [1.82, 2.24) is 9.87 Å². The predicted molar refractivity (Wildman–Crippen MR) is 60.7 cm³/mol. The van der Waals surface area contributed by atoms with E-state index >= 15 is 0 Å². The topological polar surface area (TPSA) is 88.3 Å². The van der Waals surface area contributed by atoms with Crippen LogP contribution in [-0.2, 0) is 14.9 Å². The number of H-pyrrole nitrogens is 1. The second-order valence-electron chi connectivity index (χ2n) is 4.00. The summed E-state index contributed by atoms with van der Waals surface area (Å²) in [7, 11) is -3.71. The molecule has 1 heterocycles. The number of rotatable bonds is 4. The zero-order valence-electron chi connectivity index (χ0n) is 9.18. The predicted octanol–water partition coefficient (Wildman–Crippen LogP) is 0.527. The molecule has 2 N–H and O–H groups in total. The highest BCUT2D eigenvalue weighted by molar-refractivity contribution is 7.89. The molecular formula is C10H14N2O4S. The van der Waals surface area contributed by atoms with E-state index in [0.29, 0.717) is 0 Å². The zero-order valence-corrected chi connectivity index (χ0v) is 10.00. The highest BCUT2D eigenvalue weighted by atomic mass is 32.2. The van der Waals surface area contributed by atoms with Crippen LogP contribution in [0, 0.1) is 0 Å². The molecule has 0 unspecified atom stereocenters. The lowest BCUT2D eigenvalue weighted by Gasteiger charge is -2.11. The van der Waals surface area contributed by atoms with Gasteiger partial charge in [0, 0.05) is 12.3 Å². The molecule has 0 saturated heterocycles. The van der Waals surface area contributed by atoms with Crippen LogP contribution in [0.3, 0.4) is 0 Å². The van der Waals surface area contributed by atoms with Gasteiger partial charge in [0.05, 0.1) is 6.10 Å². The summed E-state index contributed by atoms with van der Waals surface area (Å²) in [5.41, 5.74) is -0.347. The van der Waals surface area contributed by atoms with Crippen molar-refractivity contribution in [3.8, 4) is 0 Å². The van der Waals surface area contributed by atoms with Crippen LogP contribution < -0.4 is 10.4 Å². The summed E-state index contributed by atoms with van der Waals surface area (Å²) < 4.78 is 23.5. The molecule has 2 rings (SSSR count). The number of sulfonamides is 1. The van der Waals surface area contributed by atoms with Gasteiger partial charge in [-0.3, -0.25) is 9.63 Å². The maximum atomic E-state index is 11.7. The van der Waals surface area contributed by atoms with Crippen molar-refractivity contribution in [2.45, 2.75) is 36.7 Å². The van der Waals surface area contributed by atoms with E-state index in [2.05, 4.69) is 9.87 Å². The van der Waals surface area contributed by atoms with E-state index in [4.69, 9.17) is 4.84 Å². The minimum Gasteiger partial charge on any atom is -0.328 e. The molecule has 1 aliphatic rings. The molecule has 0 aliphatic heterocycles. The summed E-state index contributed by atoms with van der Waals surface area (Å²) >= 11 is 0. The Labute approximate surface area is 99.0 Å².